The Morgan fingerprint density at radius 1 is 0.964 bits per heavy atom. The van der Waals surface area contributed by atoms with Crippen molar-refractivity contribution >= 4 is 5.78 Å². The molecular weight excluding hydrogens is 342 g/mol. The molecule has 0 amide bonds. The molecule has 0 aromatic heterocycles. The standard InChI is InChI=1S/C26H41NO/c1-20(19-27-17-7-4-8-18-27)11-5-6-12-21(2)26-22(3)13-9-14-23-24(26)15-10-16-25(23)28/h20H,2,4-19H2,1,3H3. The van der Waals surface area contributed by atoms with Crippen LogP contribution in [0.1, 0.15) is 97.3 Å². The van der Waals surface area contributed by atoms with Crippen LogP contribution in [0.2, 0.25) is 0 Å². The molecule has 1 fully saturated rings. The summed E-state index contributed by atoms with van der Waals surface area (Å²) in [4.78, 5) is 15.1. The largest absolute Gasteiger partial charge is 0.303 e. The Kier molecular flexibility index (Phi) is 8.14. The van der Waals surface area contributed by atoms with Crippen LogP contribution in [0.3, 0.4) is 0 Å². The summed E-state index contributed by atoms with van der Waals surface area (Å²) in [6.07, 6.45) is 15.2. The Bertz CT molecular complexity index is 633. The molecule has 0 spiro atoms. The highest BCUT2D eigenvalue weighted by atomic mass is 16.1. The van der Waals surface area contributed by atoms with Gasteiger partial charge in [-0.15, -0.1) is 0 Å². The van der Waals surface area contributed by atoms with E-state index in [0.717, 1.165) is 56.4 Å². The fraction of sp³-hybridized carbons (Fsp3) is 0.731. The van der Waals surface area contributed by atoms with Gasteiger partial charge in [-0.05, 0) is 112 Å². The van der Waals surface area contributed by atoms with E-state index in [2.05, 4.69) is 25.3 Å². The normalized spacial score (nSPS) is 22.9. The van der Waals surface area contributed by atoms with Crippen LogP contribution < -0.4 is 0 Å². The van der Waals surface area contributed by atoms with Gasteiger partial charge in [0.2, 0.25) is 0 Å². The van der Waals surface area contributed by atoms with Gasteiger partial charge >= 0.3 is 0 Å². The highest BCUT2D eigenvalue weighted by Gasteiger charge is 2.26. The molecule has 2 nitrogen and oxygen atoms in total. The molecule has 1 saturated heterocycles. The second-order valence-electron chi connectivity index (χ2n) is 9.56. The van der Waals surface area contributed by atoms with E-state index in [-0.39, 0.29) is 0 Å². The molecule has 1 unspecified atom stereocenters. The van der Waals surface area contributed by atoms with Crippen molar-refractivity contribution in [2.75, 3.05) is 19.6 Å². The lowest BCUT2D eigenvalue weighted by Gasteiger charge is -2.29. The van der Waals surface area contributed by atoms with Gasteiger partial charge in [-0.2, -0.15) is 0 Å². The molecule has 0 bridgehead atoms. The SMILES string of the molecule is C=C(CCCCC(C)CN1CCCCC1)C1=C(C)CCCC2=C1CCCC2=O. The molecule has 1 aliphatic heterocycles. The first-order valence-corrected chi connectivity index (χ1v) is 11.9. The smallest absolute Gasteiger partial charge is 0.159 e. The van der Waals surface area contributed by atoms with Crippen LogP contribution in [0, 0.1) is 5.92 Å². The van der Waals surface area contributed by atoms with Crippen molar-refractivity contribution in [3.63, 3.8) is 0 Å². The van der Waals surface area contributed by atoms with Crippen molar-refractivity contribution in [2.24, 2.45) is 5.92 Å². The fourth-order valence-corrected chi connectivity index (χ4v) is 5.52. The van der Waals surface area contributed by atoms with E-state index >= 15 is 0 Å². The number of hydrogen-bond donors (Lipinski definition) is 0. The third-order valence-corrected chi connectivity index (χ3v) is 7.04. The predicted molar refractivity (Wildman–Crippen MR) is 119 cm³/mol. The third kappa shape index (κ3) is 5.69. The third-order valence-electron chi connectivity index (χ3n) is 7.04. The lowest BCUT2D eigenvalue weighted by molar-refractivity contribution is -0.116. The van der Waals surface area contributed by atoms with Gasteiger partial charge in [-0.3, -0.25) is 4.79 Å². The molecule has 3 rings (SSSR count). The quantitative estimate of drug-likeness (QED) is 0.431. The highest BCUT2D eigenvalue weighted by molar-refractivity contribution is 5.98. The lowest BCUT2D eigenvalue weighted by Crippen LogP contribution is -2.33. The minimum Gasteiger partial charge on any atom is -0.303 e. The molecule has 1 atom stereocenters. The Hall–Kier alpha value is -1.15. The summed E-state index contributed by atoms with van der Waals surface area (Å²) in [6, 6.07) is 0. The maximum absolute atomic E-state index is 12.4. The summed E-state index contributed by atoms with van der Waals surface area (Å²) in [6.45, 7) is 13.1. The first kappa shape index (κ1) is 21.6. The summed E-state index contributed by atoms with van der Waals surface area (Å²) < 4.78 is 0. The molecule has 1 heterocycles. The van der Waals surface area contributed by atoms with Crippen molar-refractivity contribution in [1.29, 1.82) is 0 Å². The van der Waals surface area contributed by atoms with Crippen LogP contribution in [-0.4, -0.2) is 30.3 Å². The maximum Gasteiger partial charge on any atom is 0.159 e. The molecule has 3 aliphatic rings. The van der Waals surface area contributed by atoms with Crippen LogP contribution in [0.4, 0.5) is 0 Å². The summed E-state index contributed by atoms with van der Waals surface area (Å²) >= 11 is 0. The minimum absolute atomic E-state index is 0.410. The maximum atomic E-state index is 12.4. The van der Waals surface area contributed by atoms with Crippen molar-refractivity contribution in [3.05, 3.63) is 34.4 Å². The van der Waals surface area contributed by atoms with Gasteiger partial charge in [0.25, 0.3) is 0 Å². The molecule has 0 aromatic rings. The van der Waals surface area contributed by atoms with Crippen LogP contribution in [0.25, 0.3) is 0 Å². The minimum atomic E-state index is 0.410. The molecule has 2 aliphatic carbocycles. The lowest BCUT2D eigenvalue weighted by atomic mass is 9.81. The molecular formula is C26H41NO. The van der Waals surface area contributed by atoms with E-state index in [1.807, 2.05) is 0 Å². The molecule has 0 N–H and O–H groups in total. The first-order valence-electron chi connectivity index (χ1n) is 11.9. The van der Waals surface area contributed by atoms with Crippen molar-refractivity contribution in [3.8, 4) is 0 Å². The van der Waals surface area contributed by atoms with Gasteiger partial charge < -0.3 is 4.90 Å². The number of ketones is 1. The average Bonchev–Trinajstić information content (AvgIpc) is 2.85. The number of carbonyl (C=O) groups excluding carboxylic acids is 1. The summed E-state index contributed by atoms with van der Waals surface area (Å²) in [5.74, 6) is 1.21. The monoisotopic (exact) mass is 383 g/mol. The second kappa shape index (κ2) is 10.6. The Morgan fingerprint density at radius 2 is 1.68 bits per heavy atom. The molecule has 28 heavy (non-hydrogen) atoms. The Morgan fingerprint density at radius 3 is 2.46 bits per heavy atom. The molecule has 2 heteroatoms. The molecule has 0 saturated carbocycles. The van der Waals surface area contributed by atoms with E-state index in [1.54, 1.807) is 0 Å². The number of unbranched alkanes of at least 4 members (excludes halogenated alkanes) is 1. The molecule has 0 aromatic carbocycles. The van der Waals surface area contributed by atoms with Crippen molar-refractivity contribution < 1.29 is 4.79 Å². The van der Waals surface area contributed by atoms with Gasteiger partial charge in [0.05, 0.1) is 0 Å². The van der Waals surface area contributed by atoms with Gasteiger partial charge in [-0.25, -0.2) is 0 Å². The predicted octanol–water partition coefficient (Wildman–Crippen LogP) is 6.78. The van der Waals surface area contributed by atoms with Crippen LogP contribution in [0.5, 0.6) is 0 Å². The van der Waals surface area contributed by atoms with E-state index in [0.29, 0.717) is 5.78 Å². The van der Waals surface area contributed by atoms with E-state index in [9.17, 15) is 4.79 Å². The number of rotatable bonds is 8. The van der Waals surface area contributed by atoms with E-state index in [1.165, 1.54) is 80.5 Å². The van der Waals surface area contributed by atoms with E-state index < -0.39 is 0 Å². The van der Waals surface area contributed by atoms with E-state index in [4.69, 9.17) is 0 Å². The Labute approximate surface area is 173 Å². The number of carbonyl (C=O) groups is 1. The number of piperidine rings is 1. The summed E-state index contributed by atoms with van der Waals surface area (Å²) in [5, 5.41) is 0. The number of nitrogens with zero attached hydrogens (tertiary/aromatic N) is 1. The summed E-state index contributed by atoms with van der Waals surface area (Å²) in [7, 11) is 0. The number of likely N-dealkylation sites (tertiary alicyclic amines) is 1. The number of hydrogen-bond acceptors (Lipinski definition) is 2. The zero-order chi connectivity index (χ0) is 19.9. The molecule has 156 valence electrons. The van der Waals surface area contributed by atoms with Gasteiger partial charge in [-0.1, -0.05) is 31.9 Å². The number of allylic oxidation sites excluding steroid dienone is 5. The van der Waals surface area contributed by atoms with Crippen LogP contribution >= 0.6 is 0 Å². The first-order chi connectivity index (χ1) is 13.6. The van der Waals surface area contributed by atoms with Gasteiger partial charge in [0.15, 0.2) is 5.78 Å². The Balaban J connectivity index is 1.49. The highest BCUT2D eigenvalue weighted by Crippen LogP contribution is 2.40. The zero-order valence-corrected chi connectivity index (χ0v) is 18.5. The molecule has 0 radical (unpaired) electrons. The van der Waals surface area contributed by atoms with Crippen molar-refractivity contribution in [1.82, 2.24) is 4.90 Å². The van der Waals surface area contributed by atoms with Crippen LogP contribution in [-0.2, 0) is 4.79 Å². The van der Waals surface area contributed by atoms with Gasteiger partial charge in [0, 0.05) is 13.0 Å². The fourth-order valence-electron chi connectivity index (χ4n) is 5.52. The topological polar surface area (TPSA) is 20.3 Å². The number of Topliss-reactive ketones (excluding diaryl/α,β-unsaturated/α-hetero) is 1. The summed E-state index contributed by atoms with van der Waals surface area (Å²) in [5.41, 5.74) is 6.68. The second-order valence-corrected chi connectivity index (χ2v) is 9.56. The van der Waals surface area contributed by atoms with Crippen LogP contribution in [0.15, 0.2) is 34.4 Å². The zero-order valence-electron chi connectivity index (χ0n) is 18.5. The average molecular weight is 384 g/mol. The van der Waals surface area contributed by atoms with Gasteiger partial charge in [0.1, 0.15) is 0 Å². The van der Waals surface area contributed by atoms with Crippen molar-refractivity contribution in [2.45, 2.75) is 97.3 Å².